The highest BCUT2D eigenvalue weighted by molar-refractivity contribution is 6.30. The van der Waals surface area contributed by atoms with Crippen molar-refractivity contribution < 1.29 is 26.7 Å². The van der Waals surface area contributed by atoms with Crippen molar-refractivity contribution in [1.82, 2.24) is 19.7 Å². The summed E-state index contributed by atoms with van der Waals surface area (Å²) in [5.74, 6) is -0.791. The summed E-state index contributed by atoms with van der Waals surface area (Å²) in [4.78, 5) is 3.73. The second-order valence-electron chi connectivity index (χ2n) is 11.2. The monoisotopic (exact) mass is 565 g/mol. The summed E-state index contributed by atoms with van der Waals surface area (Å²) in [6.07, 6.45) is -2.51. The summed E-state index contributed by atoms with van der Waals surface area (Å²) in [6, 6.07) is 7.24. The van der Waals surface area contributed by atoms with Gasteiger partial charge in [-0.2, -0.15) is 13.2 Å². The van der Waals surface area contributed by atoms with E-state index in [0.29, 0.717) is 62.8 Å². The predicted octanol–water partition coefficient (Wildman–Crippen LogP) is 5.71. The molecule has 4 aliphatic rings. The first-order valence-corrected chi connectivity index (χ1v) is 13.3. The third-order valence-electron chi connectivity index (χ3n) is 8.64. The topological polar surface area (TPSA) is 46.4 Å². The third-order valence-corrected chi connectivity index (χ3v) is 8.88. The van der Waals surface area contributed by atoms with Crippen LogP contribution in [0.25, 0.3) is 5.69 Å². The Morgan fingerprint density at radius 2 is 1.82 bits per heavy atom. The highest BCUT2D eigenvalue weighted by Gasteiger charge is 2.55. The summed E-state index contributed by atoms with van der Waals surface area (Å²) < 4.78 is 76.3. The molecule has 0 N–H and O–H groups in total. The highest BCUT2D eigenvalue weighted by atomic mass is 35.5. The molecule has 1 aliphatic carbocycles. The molecule has 0 bridgehead atoms. The molecule has 4 heterocycles. The number of halogens is 6. The van der Waals surface area contributed by atoms with Gasteiger partial charge in [-0.15, -0.1) is 10.2 Å². The van der Waals surface area contributed by atoms with Crippen molar-refractivity contribution in [3.63, 3.8) is 0 Å². The molecule has 0 amide bonds. The number of nitrogens with zero attached hydrogens (tertiary/aromatic N) is 5. The van der Waals surface area contributed by atoms with Gasteiger partial charge in [0.15, 0.2) is 11.6 Å². The number of hydrogen-bond acceptors (Lipinski definition) is 5. The van der Waals surface area contributed by atoms with Crippen molar-refractivity contribution >= 4 is 17.3 Å². The van der Waals surface area contributed by atoms with Crippen LogP contribution in [0.2, 0.25) is 5.02 Å². The van der Waals surface area contributed by atoms with E-state index in [-0.39, 0.29) is 17.4 Å². The quantitative estimate of drug-likeness (QED) is 0.381. The van der Waals surface area contributed by atoms with E-state index in [0.717, 1.165) is 35.9 Å². The van der Waals surface area contributed by atoms with Gasteiger partial charge >= 0.3 is 6.18 Å². The molecule has 0 unspecified atom stereocenters. The molecule has 1 spiro atoms. The van der Waals surface area contributed by atoms with E-state index in [2.05, 4.69) is 19.7 Å². The number of ether oxygens (including phenoxy) is 1. The highest BCUT2D eigenvalue weighted by Crippen LogP contribution is 2.57. The minimum atomic E-state index is -4.89. The predicted molar refractivity (Wildman–Crippen MR) is 133 cm³/mol. The minimum Gasteiger partial charge on any atom is -0.380 e. The van der Waals surface area contributed by atoms with Gasteiger partial charge in [-0.1, -0.05) is 11.6 Å². The molecule has 7 rings (SSSR count). The fourth-order valence-corrected chi connectivity index (χ4v) is 6.98. The maximum Gasteiger partial charge on any atom is 0.419 e. The van der Waals surface area contributed by atoms with Crippen LogP contribution in [0.5, 0.6) is 0 Å². The number of alkyl halides is 3. The number of fused-ring (bicyclic) bond motifs is 3. The SMILES string of the molecule is Fc1ccc(C(F)(F)F)c(F)c1N1CC2(CC(c3nnc4n3-c3ccc(Cl)cc3CN([C@@H]3CCOC3)C4)C2)C1. The zero-order chi connectivity index (χ0) is 27.1. The Kier molecular flexibility index (Phi) is 5.74. The number of anilines is 1. The van der Waals surface area contributed by atoms with E-state index >= 15 is 0 Å². The Labute approximate surface area is 226 Å². The average molecular weight is 566 g/mol. The average Bonchev–Trinajstić information content (AvgIpc) is 3.46. The lowest BCUT2D eigenvalue weighted by molar-refractivity contribution is -0.140. The minimum absolute atomic E-state index is 0.0782. The van der Waals surface area contributed by atoms with Crippen LogP contribution in [-0.4, -0.2) is 52.0 Å². The summed E-state index contributed by atoms with van der Waals surface area (Å²) >= 11 is 6.36. The first kappa shape index (κ1) is 25.2. The van der Waals surface area contributed by atoms with Gasteiger partial charge in [0.1, 0.15) is 17.3 Å². The summed E-state index contributed by atoms with van der Waals surface area (Å²) in [7, 11) is 0. The van der Waals surface area contributed by atoms with Crippen LogP contribution in [0.1, 0.15) is 48.0 Å². The van der Waals surface area contributed by atoms with Crippen LogP contribution < -0.4 is 4.90 Å². The van der Waals surface area contributed by atoms with Crippen molar-refractivity contribution in [2.24, 2.45) is 5.41 Å². The Hall–Kier alpha value is -2.76. The van der Waals surface area contributed by atoms with Gasteiger partial charge in [0.2, 0.25) is 0 Å². The smallest absolute Gasteiger partial charge is 0.380 e. The number of benzene rings is 2. The maximum atomic E-state index is 14.7. The molecule has 39 heavy (non-hydrogen) atoms. The standard InChI is InChI=1S/C27H25ClF5N5O/c28-17-1-4-21-15(7-17)10-36(18-5-6-39-12-18)11-22-34-35-25(38(21)22)16-8-26(9-16)13-37(14-26)24-20(29)3-2-19(23(24)30)27(31,32)33/h1-4,7,16,18H,5-6,8-14H2/t18-/m1/s1. The van der Waals surface area contributed by atoms with Gasteiger partial charge in [-0.05, 0) is 55.2 Å². The van der Waals surface area contributed by atoms with Gasteiger partial charge in [-0.25, -0.2) is 8.78 Å². The van der Waals surface area contributed by atoms with E-state index in [1.807, 2.05) is 18.2 Å². The van der Waals surface area contributed by atoms with Crippen molar-refractivity contribution in [1.29, 1.82) is 0 Å². The third kappa shape index (κ3) is 4.12. The molecule has 1 atom stereocenters. The van der Waals surface area contributed by atoms with Crippen LogP contribution in [0, 0.1) is 17.0 Å². The fraction of sp³-hybridized carbons (Fsp3) is 0.481. The van der Waals surface area contributed by atoms with Crippen LogP contribution in [-0.2, 0) is 24.0 Å². The van der Waals surface area contributed by atoms with Crippen LogP contribution >= 0.6 is 11.6 Å². The first-order valence-electron chi connectivity index (χ1n) is 13.0. The van der Waals surface area contributed by atoms with Gasteiger partial charge in [0, 0.05) is 48.6 Å². The Morgan fingerprint density at radius 3 is 2.54 bits per heavy atom. The van der Waals surface area contributed by atoms with Crippen LogP contribution in [0.4, 0.5) is 27.6 Å². The molecule has 206 valence electrons. The summed E-state index contributed by atoms with van der Waals surface area (Å²) in [5, 5.41) is 9.78. The molecule has 3 fully saturated rings. The zero-order valence-electron chi connectivity index (χ0n) is 20.8. The maximum absolute atomic E-state index is 14.7. The Balaban J connectivity index is 1.13. The van der Waals surface area contributed by atoms with Gasteiger partial charge in [-0.3, -0.25) is 9.47 Å². The molecule has 6 nitrogen and oxygen atoms in total. The molecule has 2 saturated heterocycles. The molecule has 3 aliphatic heterocycles. The van der Waals surface area contributed by atoms with Crippen molar-refractivity contribution in [3.8, 4) is 5.69 Å². The molecular weight excluding hydrogens is 541 g/mol. The second kappa shape index (κ2) is 8.87. The number of rotatable bonds is 3. The lowest BCUT2D eigenvalue weighted by atomic mass is 9.57. The van der Waals surface area contributed by atoms with E-state index < -0.39 is 29.1 Å². The van der Waals surface area contributed by atoms with Crippen LogP contribution in [0.3, 0.4) is 0 Å². The summed E-state index contributed by atoms with van der Waals surface area (Å²) in [6.45, 7) is 3.32. The van der Waals surface area contributed by atoms with Crippen LogP contribution in [0.15, 0.2) is 30.3 Å². The van der Waals surface area contributed by atoms with Crippen molar-refractivity contribution in [3.05, 3.63) is 69.8 Å². The van der Waals surface area contributed by atoms with Gasteiger partial charge < -0.3 is 9.64 Å². The van der Waals surface area contributed by atoms with Gasteiger partial charge in [0.25, 0.3) is 0 Å². The van der Waals surface area contributed by atoms with E-state index in [4.69, 9.17) is 16.3 Å². The Morgan fingerprint density at radius 1 is 1.03 bits per heavy atom. The molecule has 0 radical (unpaired) electrons. The number of hydrogen-bond donors (Lipinski definition) is 0. The van der Waals surface area contributed by atoms with E-state index in [1.54, 1.807) is 0 Å². The summed E-state index contributed by atoms with van der Waals surface area (Å²) in [5.41, 5.74) is -0.203. The second-order valence-corrected chi connectivity index (χ2v) is 11.7. The zero-order valence-corrected chi connectivity index (χ0v) is 21.6. The van der Waals surface area contributed by atoms with E-state index in [1.165, 1.54) is 4.90 Å². The van der Waals surface area contributed by atoms with Gasteiger partial charge in [0.05, 0.1) is 24.4 Å². The number of aromatic nitrogens is 3. The van der Waals surface area contributed by atoms with Crippen molar-refractivity contribution in [2.45, 2.75) is 50.5 Å². The fourth-order valence-electron chi connectivity index (χ4n) is 6.78. The lowest BCUT2D eigenvalue weighted by Crippen LogP contribution is -2.62. The molecule has 1 aromatic heterocycles. The molecule has 2 aromatic carbocycles. The largest absolute Gasteiger partial charge is 0.419 e. The normalized spacial score (nSPS) is 22.8. The van der Waals surface area contributed by atoms with E-state index in [9.17, 15) is 22.0 Å². The molecule has 1 saturated carbocycles. The molecule has 12 heteroatoms. The first-order chi connectivity index (χ1) is 18.6. The molecule has 3 aromatic rings. The molecular formula is C27H25ClF5N5O. The lowest BCUT2D eigenvalue weighted by Gasteiger charge is -2.59. The Bertz CT molecular complexity index is 1440. The van der Waals surface area contributed by atoms with Crippen molar-refractivity contribution in [2.75, 3.05) is 31.2 Å².